The van der Waals surface area contributed by atoms with E-state index in [2.05, 4.69) is 36.9 Å². The second-order valence-corrected chi connectivity index (χ2v) is 6.29. The lowest BCUT2D eigenvalue weighted by Crippen LogP contribution is -2.30. The van der Waals surface area contributed by atoms with Crippen molar-refractivity contribution < 1.29 is 0 Å². The molecule has 1 aromatic carbocycles. The van der Waals surface area contributed by atoms with E-state index in [1.54, 1.807) is 0 Å². The zero-order valence-electron chi connectivity index (χ0n) is 11.5. The SMILES string of the molecule is Cc1ccc(C)c(CN2CC3CCC(N)C3C2)c1. The minimum atomic E-state index is 0.457. The van der Waals surface area contributed by atoms with Crippen molar-refractivity contribution in [2.75, 3.05) is 13.1 Å². The van der Waals surface area contributed by atoms with E-state index in [1.807, 2.05) is 0 Å². The van der Waals surface area contributed by atoms with Crippen molar-refractivity contribution in [3.05, 3.63) is 34.9 Å². The van der Waals surface area contributed by atoms with E-state index in [-0.39, 0.29) is 0 Å². The first-order valence-electron chi connectivity index (χ1n) is 7.17. The van der Waals surface area contributed by atoms with E-state index in [0.717, 1.165) is 18.4 Å². The van der Waals surface area contributed by atoms with Gasteiger partial charge in [-0.1, -0.05) is 23.8 Å². The molecule has 1 aliphatic carbocycles. The van der Waals surface area contributed by atoms with Gasteiger partial charge in [0, 0.05) is 25.7 Å². The summed E-state index contributed by atoms with van der Waals surface area (Å²) < 4.78 is 0. The van der Waals surface area contributed by atoms with Crippen LogP contribution in [0.2, 0.25) is 0 Å². The van der Waals surface area contributed by atoms with Gasteiger partial charge in [0.05, 0.1) is 0 Å². The van der Waals surface area contributed by atoms with Gasteiger partial charge in [-0.2, -0.15) is 0 Å². The third kappa shape index (κ3) is 2.19. The molecule has 0 aromatic heterocycles. The van der Waals surface area contributed by atoms with Crippen LogP contribution in [0.3, 0.4) is 0 Å². The summed E-state index contributed by atoms with van der Waals surface area (Å²) in [6, 6.07) is 7.24. The average Bonchev–Trinajstić information content (AvgIpc) is 2.87. The molecule has 0 radical (unpaired) electrons. The van der Waals surface area contributed by atoms with Gasteiger partial charge in [-0.3, -0.25) is 4.90 Å². The highest BCUT2D eigenvalue weighted by atomic mass is 15.2. The van der Waals surface area contributed by atoms with Gasteiger partial charge in [-0.05, 0) is 49.7 Å². The van der Waals surface area contributed by atoms with E-state index in [9.17, 15) is 0 Å². The maximum absolute atomic E-state index is 6.20. The number of rotatable bonds is 2. The van der Waals surface area contributed by atoms with Crippen LogP contribution in [0.1, 0.15) is 29.5 Å². The van der Waals surface area contributed by atoms with Crippen LogP contribution in [-0.2, 0) is 6.54 Å². The number of hydrogen-bond donors (Lipinski definition) is 1. The Labute approximate surface area is 110 Å². The Balaban J connectivity index is 1.69. The largest absolute Gasteiger partial charge is 0.327 e. The van der Waals surface area contributed by atoms with Gasteiger partial charge in [-0.15, -0.1) is 0 Å². The molecular weight excluding hydrogens is 220 g/mol. The van der Waals surface area contributed by atoms with Crippen molar-refractivity contribution in [1.82, 2.24) is 4.90 Å². The van der Waals surface area contributed by atoms with Crippen molar-refractivity contribution >= 4 is 0 Å². The summed E-state index contributed by atoms with van der Waals surface area (Å²) in [6.07, 6.45) is 2.59. The fourth-order valence-electron chi connectivity index (χ4n) is 3.74. The van der Waals surface area contributed by atoms with Crippen LogP contribution in [-0.4, -0.2) is 24.0 Å². The van der Waals surface area contributed by atoms with Crippen molar-refractivity contribution in [1.29, 1.82) is 0 Å². The number of fused-ring (bicyclic) bond motifs is 1. The van der Waals surface area contributed by atoms with Crippen molar-refractivity contribution in [2.24, 2.45) is 17.6 Å². The molecule has 2 fully saturated rings. The smallest absolute Gasteiger partial charge is 0.0236 e. The molecule has 1 saturated carbocycles. The zero-order valence-corrected chi connectivity index (χ0v) is 11.5. The number of benzene rings is 1. The van der Waals surface area contributed by atoms with Crippen LogP contribution in [0.15, 0.2) is 18.2 Å². The zero-order chi connectivity index (χ0) is 12.7. The predicted octanol–water partition coefficient (Wildman–Crippen LogP) is 2.47. The molecule has 2 heteroatoms. The van der Waals surface area contributed by atoms with Gasteiger partial charge >= 0.3 is 0 Å². The normalized spacial score (nSPS) is 31.8. The minimum absolute atomic E-state index is 0.457. The lowest BCUT2D eigenvalue weighted by molar-refractivity contribution is 0.297. The molecule has 3 rings (SSSR count). The molecule has 0 amide bonds. The maximum Gasteiger partial charge on any atom is 0.0236 e. The van der Waals surface area contributed by atoms with Crippen LogP contribution in [0, 0.1) is 25.7 Å². The topological polar surface area (TPSA) is 29.3 Å². The van der Waals surface area contributed by atoms with Crippen molar-refractivity contribution in [3.63, 3.8) is 0 Å². The molecule has 18 heavy (non-hydrogen) atoms. The van der Waals surface area contributed by atoms with Crippen LogP contribution in [0.5, 0.6) is 0 Å². The first kappa shape index (κ1) is 12.2. The Morgan fingerprint density at radius 1 is 1.22 bits per heavy atom. The van der Waals surface area contributed by atoms with E-state index in [1.165, 1.54) is 42.6 Å². The second-order valence-electron chi connectivity index (χ2n) is 6.29. The number of nitrogens with zero attached hydrogens (tertiary/aromatic N) is 1. The summed E-state index contributed by atoms with van der Waals surface area (Å²) in [5.41, 5.74) is 10.5. The Morgan fingerprint density at radius 2 is 2.06 bits per heavy atom. The predicted molar refractivity (Wildman–Crippen MR) is 75.4 cm³/mol. The molecule has 3 unspecified atom stereocenters. The van der Waals surface area contributed by atoms with E-state index >= 15 is 0 Å². The number of likely N-dealkylation sites (tertiary alicyclic amines) is 1. The second kappa shape index (κ2) is 4.67. The Morgan fingerprint density at radius 3 is 2.83 bits per heavy atom. The Kier molecular flexibility index (Phi) is 3.16. The standard InChI is InChI=1S/C16H24N2/c1-11-3-4-12(2)14(7-11)9-18-8-13-5-6-16(17)15(13)10-18/h3-4,7,13,15-16H,5-6,8-10,17H2,1-2H3. The van der Waals surface area contributed by atoms with Gasteiger partial charge in [0.2, 0.25) is 0 Å². The molecule has 2 N–H and O–H groups in total. The first-order chi connectivity index (χ1) is 8.63. The molecular formula is C16H24N2. The Bertz CT molecular complexity index is 441. The fraction of sp³-hybridized carbons (Fsp3) is 0.625. The summed E-state index contributed by atoms with van der Waals surface area (Å²) in [7, 11) is 0. The van der Waals surface area contributed by atoms with Crippen molar-refractivity contribution in [3.8, 4) is 0 Å². The molecule has 1 aromatic rings. The highest BCUT2D eigenvalue weighted by Gasteiger charge is 2.40. The van der Waals surface area contributed by atoms with E-state index in [0.29, 0.717) is 6.04 Å². The number of aryl methyl sites for hydroxylation is 2. The number of hydrogen-bond acceptors (Lipinski definition) is 2. The maximum atomic E-state index is 6.20. The molecule has 0 bridgehead atoms. The monoisotopic (exact) mass is 244 g/mol. The van der Waals surface area contributed by atoms with Gasteiger partial charge in [0.15, 0.2) is 0 Å². The molecule has 3 atom stereocenters. The highest BCUT2D eigenvalue weighted by molar-refractivity contribution is 5.30. The summed E-state index contributed by atoms with van der Waals surface area (Å²) in [6.45, 7) is 7.97. The van der Waals surface area contributed by atoms with Crippen LogP contribution >= 0.6 is 0 Å². The van der Waals surface area contributed by atoms with Crippen LogP contribution in [0.25, 0.3) is 0 Å². The molecule has 2 nitrogen and oxygen atoms in total. The van der Waals surface area contributed by atoms with E-state index < -0.39 is 0 Å². The van der Waals surface area contributed by atoms with Crippen LogP contribution < -0.4 is 5.73 Å². The quantitative estimate of drug-likeness (QED) is 0.866. The first-order valence-corrected chi connectivity index (χ1v) is 7.17. The van der Waals surface area contributed by atoms with E-state index in [4.69, 9.17) is 5.73 Å². The summed E-state index contributed by atoms with van der Waals surface area (Å²) in [4.78, 5) is 2.61. The molecule has 98 valence electrons. The van der Waals surface area contributed by atoms with Gasteiger partial charge in [0.1, 0.15) is 0 Å². The average molecular weight is 244 g/mol. The van der Waals surface area contributed by atoms with Crippen molar-refractivity contribution in [2.45, 2.75) is 39.3 Å². The summed E-state index contributed by atoms with van der Waals surface area (Å²) >= 11 is 0. The lowest BCUT2D eigenvalue weighted by Gasteiger charge is -2.19. The lowest BCUT2D eigenvalue weighted by atomic mass is 9.98. The van der Waals surface area contributed by atoms with Crippen LogP contribution in [0.4, 0.5) is 0 Å². The molecule has 1 heterocycles. The summed E-state index contributed by atoms with van der Waals surface area (Å²) in [5.74, 6) is 1.63. The molecule has 1 saturated heterocycles. The van der Waals surface area contributed by atoms with Gasteiger partial charge < -0.3 is 5.73 Å². The third-order valence-corrected chi connectivity index (χ3v) is 4.89. The molecule has 2 aliphatic rings. The fourth-order valence-corrected chi connectivity index (χ4v) is 3.74. The van der Waals surface area contributed by atoms with Gasteiger partial charge in [0.25, 0.3) is 0 Å². The summed E-state index contributed by atoms with van der Waals surface area (Å²) in [5, 5.41) is 0. The third-order valence-electron chi connectivity index (χ3n) is 4.89. The molecule has 0 spiro atoms. The van der Waals surface area contributed by atoms with Gasteiger partial charge in [-0.25, -0.2) is 0 Å². The highest BCUT2D eigenvalue weighted by Crippen LogP contribution is 2.37. The molecule has 1 aliphatic heterocycles. The Hall–Kier alpha value is -0.860. The minimum Gasteiger partial charge on any atom is -0.327 e. The number of nitrogens with two attached hydrogens (primary N) is 1.